The highest BCUT2D eigenvalue weighted by atomic mass is 79.9. The van der Waals surface area contributed by atoms with Crippen molar-refractivity contribution in [2.75, 3.05) is 0 Å². The molecule has 0 amide bonds. The summed E-state index contributed by atoms with van der Waals surface area (Å²) in [5.74, 6) is 0.245. The minimum Gasteiger partial charge on any atom is -0.486 e. The van der Waals surface area contributed by atoms with Crippen LogP contribution in [0.4, 0.5) is 4.39 Å². The largest absolute Gasteiger partial charge is 0.486 e. The maximum atomic E-state index is 13.6. The highest BCUT2D eigenvalue weighted by molar-refractivity contribution is 9.10. The zero-order valence-corrected chi connectivity index (χ0v) is 10.3. The summed E-state index contributed by atoms with van der Waals surface area (Å²) >= 11 is 3.35. The van der Waals surface area contributed by atoms with Gasteiger partial charge in [-0.3, -0.25) is 0 Å². The van der Waals surface area contributed by atoms with Gasteiger partial charge in [0.15, 0.2) is 0 Å². The average molecular weight is 274 g/mol. The summed E-state index contributed by atoms with van der Waals surface area (Å²) in [5, 5.41) is 0. The smallest absolute Gasteiger partial charge is 0.141 e. The lowest BCUT2D eigenvalue weighted by atomic mass is 9.90. The van der Waals surface area contributed by atoms with Crippen LogP contribution in [0, 0.1) is 5.82 Å². The van der Waals surface area contributed by atoms with Crippen LogP contribution >= 0.6 is 15.9 Å². The monoisotopic (exact) mass is 273 g/mol. The van der Waals surface area contributed by atoms with Gasteiger partial charge in [-0.2, -0.15) is 0 Å². The molecule has 1 heterocycles. The number of ether oxygens (including phenoxy) is 1. The number of rotatable bonds is 0. The number of benzene rings is 1. The third-order valence-electron chi connectivity index (χ3n) is 2.56. The van der Waals surface area contributed by atoms with Crippen molar-refractivity contribution >= 4 is 15.9 Å². The highest BCUT2D eigenvalue weighted by Gasteiger charge is 2.34. The highest BCUT2D eigenvalue weighted by Crippen LogP contribution is 2.43. The molecule has 2 nitrogen and oxygen atoms in total. The van der Waals surface area contributed by atoms with Gasteiger partial charge in [0.25, 0.3) is 0 Å². The van der Waals surface area contributed by atoms with Crippen molar-refractivity contribution < 1.29 is 9.13 Å². The van der Waals surface area contributed by atoms with E-state index in [0.29, 0.717) is 17.7 Å². The Kier molecular flexibility index (Phi) is 2.51. The van der Waals surface area contributed by atoms with Gasteiger partial charge in [0.05, 0.1) is 4.47 Å². The van der Waals surface area contributed by atoms with Crippen LogP contribution in [0.25, 0.3) is 0 Å². The van der Waals surface area contributed by atoms with Crippen molar-refractivity contribution in [2.24, 2.45) is 5.73 Å². The molecule has 0 aromatic heterocycles. The van der Waals surface area contributed by atoms with Crippen molar-refractivity contribution in [1.82, 2.24) is 0 Å². The molecule has 0 saturated heterocycles. The Hall–Kier alpha value is -0.610. The van der Waals surface area contributed by atoms with E-state index in [4.69, 9.17) is 10.5 Å². The van der Waals surface area contributed by atoms with Gasteiger partial charge in [-0.1, -0.05) is 0 Å². The number of fused-ring (bicyclic) bond motifs is 1. The maximum absolute atomic E-state index is 13.6. The van der Waals surface area contributed by atoms with Gasteiger partial charge < -0.3 is 10.5 Å². The first kappa shape index (κ1) is 10.9. The normalized spacial score (nSPS) is 23.1. The molecule has 1 atom stereocenters. The van der Waals surface area contributed by atoms with E-state index < -0.39 is 0 Å². The van der Waals surface area contributed by atoms with Crippen LogP contribution in [0.15, 0.2) is 16.6 Å². The fourth-order valence-corrected chi connectivity index (χ4v) is 2.37. The molecule has 2 N–H and O–H groups in total. The van der Waals surface area contributed by atoms with E-state index in [2.05, 4.69) is 15.9 Å². The van der Waals surface area contributed by atoms with E-state index in [-0.39, 0.29) is 17.5 Å². The SMILES string of the molecule is CC1(C)CC(N)c2c(F)ccc(Br)c2O1. The molecule has 0 saturated carbocycles. The molecule has 2 rings (SSSR count). The molecule has 0 aliphatic carbocycles. The van der Waals surface area contributed by atoms with Crippen molar-refractivity contribution in [3.8, 4) is 5.75 Å². The fraction of sp³-hybridized carbons (Fsp3) is 0.455. The summed E-state index contributed by atoms with van der Waals surface area (Å²) < 4.78 is 20.1. The van der Waals surface area contributed by atoms with Gasteiger partial charge in [0, 0.05) is 18.0 Å². The summed E-state index contributed by atoms with van der Waals surface area (Å²) in [5.41, 5.74) is 6.08. The summed E-state index contributed by atoms with van der Waals surface area (Å²) in [4.78, 5) is 0. The van der Waals surface area contributed by atoms with Crippen molar-refractivity contribution in [1.29, 1.82) is 0 Å². The van der Waals surface area contributed by atoms with Crippen LogP contribution in [0.3, 0.4) is 0 Å². The Balaban J connectivity index is 2.59. The summed E-state index contributed by atoms with van der Waals surface area (Å²) in [7, 11) is 0. The first-order valence-corrected chi connectivity index (χ1v) is 5.62. The molecule has 0 fully saturated rings. The Morgan fingerprint density at radius 1 is 1.53 bits per heavy atom. The topological polar surface area (TPSA) is 35.2 Å². The molecule has 1 aliphatic heterocycles. The first-order chi connectivity index (χ1) is 6.91. The summed E-state index contributed by atoms with van der Waals surface area (Å²) in [6.07, 6.45) is 0.618. The summed E-state index contributed by atoms with van der Waals surface area (Å²) in [6, 6.07) is 2.74. The molecular formula is C11H13BrFNO. The fourth-order valence-electron chi connectivity index (χ4n) is 1.95. The van der Waals surface area contributed by atoms with E-state index in [9.17, 15) is 4.39 Å². The lowest BCUT2D eigenvalue weighted by Crippen LogP contribution is -2.38. The predicted molar refractivity (Wildman–Crippen MR) is 60.4 cm³/mol. The molecule has 1 unspecified atom stereocenters. The molecular weight excluding hydrogens is 261 g/mol. The molecule has 0 radical (unpaired) electrons. The van der Waals surface area contributed by atoms with Crippen molar-refractivity contribution in [3.63, 3.8) is 0 Å². The zero-order chi connectivity index (χ0) is 11.2. The molecule has 1 aliphatic rings. The van der Waals surface area contributed by atoms with Crippen LogP contribution in [-0.4, -0.2) is 5.60 Å². The second-order valence-electron chi connectivity index (χ2n) is 4.44. The standard InChI is InChI=1S/C11H13BrFNO/c1-11(2)5-8(14)9-7(13)4-3-6(12)10(9)15-11/h3-4,8H,5,14H2,1-2H3. The zero-order valence-electron chi connectivity index (χ0n) is 8.68. The van der Waals surface area contributed by atoms with Crippen LogP contribution in [0.2, 0.25) is 0 Å². The number of nitrogens with two attached hydrogens (primary N) is 1. The minimum absolute atomic E-state index is 0.295. The van der Waals surface area contributed by atoms with Gasteiger partial charge >= 0.3 is 0 Å². The van der Waals surface area contributed by atoms with E-state index in [1.54, 1.807) is 6.07 Å². The van der Waals surface area contributed by atoms with E-state index in [1.165, 1.54) is 6.07 Å². The van der Waals surface area contributed by atoms with Gasteiger partial charge in [-0.15, -0.1) is 0 Å². The quantitative estimate of drug-likeness (QED) is 0.788. The maximum Gasteiger partial charge on any atom is 0.141 e. The van der Waals surface area contributed by atoms with Crippen molar-refractivity contribution in [2.45, 2.75) is 31.9 Å². The Bertz CT molecular complexity index is 406. The van der Waals surface area contributed by atoms with Crippen molar-refractivity contribution in [3.05, 3.63) is 28.0 Å². The predicted octanol–water partition coefficient (Wildman–Crippen LogP) is 3.15. The van der Waals surface area contributed by atoms with E-state index in [1.807, 2.05) is 13.8 Å². The molecule has 0 bridgehead atoms. The van der Waals surface area contributed by atoms with Gasteiger partial charge in [-0.25, -0.2) is 4.39 Å². The molecule has 0 spiro atoms. The Morgan fingerprint density at radius 3 is 2.87 bits per heavy atom. The molecule has 4 heteroatoms. The van der Waals surface area contributed by atoms with Gasteiger partial charge in [0.2, 0.25) is 0 Å². The number of halogens is 2. The first-order valence-electron chi connectivity index (χ1n) is 4.83. The number of hydrogen-bond donors (Lipinski definition) is 1. The van der Waals surface area contributed by atoms with Gasteiger partial charge in [0.1, 0.15) is 17.2 Å². The lowest BCUT2D eigenvalue weighted by molar-refractivity contribution is 0.0702. The Morgan fingerprint density at radius 2 is 2.20 bits per heavy atom. The van der Waals surface area contributed by atoms with Gasteiger partial charge in [-0.05, 0) is 41.9 Å². The van der Waals surface area contributed by atoms with Crippen LogP contribution in [-0.2, 0) is 0 Å². The molecule has 82 valence electrons. The van der Waals surface area contributed by atoms with Crippen LogP contribution in [0.1, 0.15) is 31.9 Å². The third kappa shape index (κ3) is 1.88. The van der Waals surface area contributed by atoms with Crippen LogP contribution < -0.4 is 10.5 Å². The van der Waals surface area contributed by atoms with Crippen LogP contribution in [0.5, 0.6) is 5.75 Å². The van der Waals surface area contributed by atoms with E-state index >= 15 is 0 Å². The second-order valence-corrected chi connectivity index (χ2v) is 5.30. The average Bonchev–Trinajstić information content (AvgIpc) is 2.09. The lowest BCUT2D eigenvalue weighted by Gasteiger charge is -2.36. The number of hydrogen-bond acceptors (Lipinski definition) is 2. The minimum atomic E-state index is -0.345. The molecule has 1 aromatic carbocycles. The summed E-state index contributed by atoms with van der Waals surface area (Å²) in [6.45, 7) is 3.90. The second kappa shape index (κ2) is 3.46. The Labute approximate surface area is 96.7 Å². The molecule has 15 heavy (non-hydrogen) atoms. The third-order valence-corrected chi connectivity index (χ3v) is 3.18. The van der Waals surface area contributed by atoms with E-state index in [0.717, 1.165) is 4.47 Å². The molecule has 1 aromatic rings.